The Morgan fingerprint density at radius 1 is 1.06 bits per heavy atom. The van der Waals surface area contributed by atoms with Crippen molar-refractivity contribution in [3.8, 4) is 0 Å². The number of hydrogen-bond acceptors (Lipinski definition) is 1. The highest BCUT2D eigenvalue weighted by Gasteiger charge is 2.11. The van der Waals surface area contributed by atoms with E-state index >= 15 is 0 Å². The lowest BCUT2D eigenvalue weighted by atomic mass is 10.2. The van der Waals surface area contributed by atoms with Crippen LogP contribution in [0.15, 0.2) is 30.3 Å². The summed E-state index contributed by atoms with van der Waals surface area (Å²) in [6, 6.07) is 10.2. The second kappa shape index (κ2) is 10.8. The summed E-state index contributed by atoms with van der Waals surface area (Å²) in [6.45, 7) is 9.75. The third-order valence-electron chi connectivity index (χ3n) is 2.53. The first-order valence-corrected chi connectivity index (χ1v) is 7.09. The van der Waals surface area contributed by atoms with E-state index in [2.05, 4.69) is 19.1 Å². The van der Waals surface area contributed by atoms with Crippen LogP contribution in [0.4, 0.5) is 0 Å². The Morgan fingerprint density at radius 3 is 2.17 bits per heavy atom. The average molecular weight is 249 g/mol. The maximum Gasteiger partial charge on any atom is 0.222 e. The highest BCUT2D eigenvalue weighted by atomic mass is 16.2. The minimum atomic E-state index is 0.271. The van der Waals surface area contributed by atoms with Crippen LogP contribution in [0, 0.1) is 0 Å². The number of benzene rings is 1. The van der Waals surface area contributed by atoms with Crippen LogP contribution < -0.4 is 0 Å². The molecular weight excluding hydrogens is 222 g/mol. The Hall–Kier alpha value is -1.31. The second-order valence-electron chi connectivity index (χ2n) is 4.05. The number of rotatable bonds is 6. The molecular formula is C16H27NO. The van der Waals surface area contributed by atoms with E-state index in [1.807, 2.05) is 43.9 Å². The summed E-state index contributed by atoms with van der Waals surface area (Å²) >= 11 is 0. The lowest BCUT2D eigenvalue weighted by Gasteiger charge is -2.22. The van der Waals surface area contributed by atoms with Gasteiger partial charge in [0, 0.05) is 19.5 Å². The second-order valence-corrected chi connectivity index (χ2v) is 4.05. The Morgan fingerprint density at radius 2 is 1.67 bits per heavy atom. The molecule has 0 spiro atoms. The van der Waals surface area contributed by atoms with Crippen LogP contribution in [0.5, 0.6) is 0 Å². The number of nitrogens with zero attached hydrogens (tertiary/aromatic N) is 1. The SMILES string of the molecule is CC.CCCC(=O)N(CCC)Cc1ccccc1. The van der Waals surface area contributed by atoms with E-state index in [-0.39, 0.29) is 5.91 Å². The van der Waals surface area contributed by atoms with Gasteiger partial charge in [0.05, 0.1) is 0 Å². The summed E-state index contributed by atoms with van der Waals surface area (Å²) < 4.78 is 0. The monoisotopic (exact) mass is 249 g/mol. The van der Waals surface area contributed by atoms with Gasteiger partial charge < -0.3 is 4.90 Å². The molecule has 2 heteroatoms. The van der Waals surface area contributed by atoms with Crippen LogP contribution in [0.1, 0.15) is 52.5 Å². The highest BCUT2D eigenvalue weighted by molar-refractivity contribution is 5.76. The summed E-state index contributed by atoms with van der Waals surface area (Å²) in [4.78, 5) is 13.8. The van der Waals surface area contributed by atoms with Crippen LogP contribution >= 0.6 is 0 Å². The van der Waals surface area contributed by atoms with E-state index in [9.17, 15) is 4.79 Å². The number of hydrogen-bond donors (Lipinski definition) is 0. The first-order chi connectivity index (χ1) is 8.77. The molecule has 0 bridgehead atoms. The van der Waals surface area contributed by atoms with Crippen molar-refractivity contribution in [2.45, 2.75) is 53.5 Å². The van der Waals surface area contributed by atoms with E-state index in [1.54, 1.807) is 0 Å². The molecule has 0 heterocycles. The molecule has 1 aromatic rings. The van der Waals surface area contributed by atoms with Crippen molar-refractivity contribution in [1.82, 2.24) is 4.90 Å². The van der Waals surface area contributed by atoms with Crippen molar-refractivity contribution in [2.75, 3.05) is 6.54 Å². The first kappa shape index (κ1) is 16.7. The van der Waals surface area contributed by atoms with Crippen LogP contribution in [0.25, 0.3) is 0 Å². The Kier molecular flexibility index (Phi) is 10.0. The molecule has 0 saturated heterocycles. The summed E-state index contributed by atoms with van der Waals surface area (Å²) in [5.41, 5.74) is 1.21. The molecule has 0 aliphatic heterocycles. The molecule has 0 atom stereocenters. The van der Waals surface area contributed by atoms with Crippen LogP contribution in [0.2, 0.25) is 0 Å². The molecule has 0 aliphatic carbocycles. The minimum Gasteiger partial charge on any atom is -0.338 e. The topological polar surface area (TPSA) is 20.3 Å². The van der Waals surface area contributed by atoms with E-state index in [1.165, 1.54) is 5.56 Å². The lowest BCUT2D eigenvalue weighted by molar-refractivity contribution is -0.131. The highest BCUT2D eigenvalue weighted by Crippen LogP contribution is 2.07. The van der Waals surface area contributed by atoms with Crippen molar-refractivity contribution in [2.24, 2.45) is 0 Å². The third-order valence-corrected chi connectivity index (χ3v) is 2.53. The van der Waals surface area contributed by atoms with Gasteiger partial charge in [-0.2, -0.15) is 0 Å². The zero-order chi connectivity index (χ0) is 13.8. The molecule has 1 amide bonds. The Bertz CT molecular complexity index is 308. The van der Waals surface area contributed by atoms with Crippen molar-refractivity contribution in [3.63, 3.8) is 0 Å². The van der Waals surface area contributed by atoms with E-state index in [0.29, 0.717) is 6.42 Å². The van der Waals surface area contributed by atoms with E-state index in [0.717, 1.165) is 25.9 Å². The van der Waals surface area contributed by atoms with Crippen molar-refractivity contribution < 1.29 is 4.79 Å². The Labute approximate surface area is 112 Å². The smallest absolute Gasteiger partial charge is 0.222 e. The van der Waals surface area contributed by atoms with Crippen LogP contribution in [0.3, 0.4) is 0 Å². The van der Waals surface area contributed by atoms with E-state index in [4.69, 9.17) is 0 Å². The average Bonchev–Trinajstić information content (AvgIpc) is 2.42. The summed E-state index contributed by atoms with van der Waals surface area (Å²) in [5.74, 6) is 0.271. The van der Waals surface area contributed by atoms with Crippen LogP contribution in [-0.4, -0.2) is 17.4 Å². The van der Waals surface area contributed by atoms with Gasteiger partial charge in [0.25, 0.3) is 0 Å². The van der Waals surface area contributed by atoms with E-state index < -0.39 is 0 Å². The van der Waals surface area contributed by atoms with Crippen molar-refractivity contribution in [1.29, 1.82) is 0 Å². The van der Waals surface area contributed by atoms with Gasteiger partial charge >= 0.3 is 0 Å². The van der Waals surface area contributed by atoms with Gasteiger partial charge in [0.2, 0.25) is 5.91 Å². The van der Waals surface area contributed by atoms with Crippen LogP contribution in [-0.2, 0) is 11.3 Å². The third kappa shape index (κ3) is 6.43. The maximum atomic E-state index is 11.9. The molecule has 102 valence electrons. The molecule has 2 nitrogen and oxygen atoms in total. The predicted molar refractivity (Wildman–Crippen MR) is 78.4 cm³/mol. The standard InChI is InChI=1S/C14H21NO.C2H6/c1-3-8-14(16)15(11-4-2)12-13-9-6-5-7-10-13;1-2/h5-7,9-10H,3-4,8,11-12H2,1-2H3;1-2H3. The summed E-state index contributed by atoms with van der Waals surface area (Å²) in [5, 5.41) is 0. The zero-order valence-electron chi connectivity index (χ0n) is 12.3. The minimum absolute atomic E-state index is 0.271. The quantitative estimate of drug-likeness (QED) is 0.738. The van der Waals surface area contributed by atoms with Gasteiger partial charge in [-0.3, -0.25) is 4.79 Å². The maximum absolute atomic E-state index is 11.9. The number of carbonyl (C=O) groups is 1. The normalized spacial score (nSPS) is 9.33. The largest absolute Gasteiger partial charge is 0.338 e. The summed E-state index contributed by atoms with van der Waals surface area (Å²) in [7, 11) is 0. The van der Waals surface area contributed by atoms with Gasteiger partial charge in [-0.05, 0) is 18.4 Å². The molecule has 0 aliphatic rings. The molecule has 0 unspecified atom stereocenters. The molecule has 0 N–H and O–H groups in total. The summed E-state index contributed by atoms with van der Waals surface area (Å²) in [6.07, 6.45) is 2.60. The predicted octanol–water partition coefficient (Wildman–Crippen LogP) is 4.25. The van der Waals surface area contributed by atoms with Gasteiger partial charge in [0.15, 0.2) is 0 Å². The molecule has 0 aromatic heterocycles. The molecule has 1 rings (SSSR count). The van der Waals surface area contributed by atoms with Gasteiger partial charge in [-0.15, -0.1) is 0 Å². The van der Waals surface area contributed by atoms with Crippen molar-refractivity contribution in [3.05, 3.63) is 35.9 Å². The molecule has 0 saturated carbocycles. The van der Waals surface area contributed by atoms with Gasteiger partial charge in [0.1, 0.15) is 0 Å². The Balaban J connectivity index is 0.00000137. The zero-order valence-corrected chi connectivity index (χ0v) is 12.3. The van der Waals surface area contributed by atoms with Gasteiger partial charge in [-0.1, -0.05) is 58.0 Å². The first-order valence-electron chi connectivity index (χ1n) is 7.09. The fourth-order valence-electron chi connectivity index (χ4n) is 1.74. The lowest BCUT2D eigenvalue weighted by Crippen LogP contribution is -2.30. The molecule has 1 aromatic carbocycles. The molecule has 18 heavy (non-hydrogen) atoms. The van der Waals surface area contributed by atoms with Gasteiger partial charge in [-0.25, -0.2) is 0 Å². The number of carbonyl (C=O) groups excluding carboxylic acids is 1. The fraction of sp³-hybridized carbons (Fsp3) is 0.562. The van der Waals surface area contributed by atoms with Crippen molar-refractivity contribution >= 4 is 5.91 Å². The molecule has 0 fully saturated rings. The fourth-order valence-corrected chi connectivity index (χ4v) is 1.74. The number of amides is 1. The molecule has 0 radical (unpaired) electrons.